The number of aryl methyl sites for hydroxylation is 1. The van der Waals surface area contributed by atoms with E-state index in [4.69, 9.17) is 9.72 Å². The Morgan fingerprint density at radius 3 is 2.83 bits per heavy atom. The average Bonchev–Trinajstić information content (AvgIpc) is 3.55. The first-order chi connectivity index (χ1) is 14.8. The van der Waals surface area contributed by atoms with Crippen molar-refractivity contribution < 1.29 is 4.74 Å². The first-order valence-corrected chi connectivity index (χ1v) is 12.7. The summed E-state index contributed by atoms with van der Waals surface area (Å²) in [6.45, 7) is 3.75. The summed E-state index contributed by atoms with van der Waals surface area (Å²) >= 11 is 5.08. The molecule has 3 aromatic heterocycles. The molecule has 0 N–H and O–H groups in total. The largest absolute Gasteiger partial charge is 0.376 e. The zero-order chi connectivity index (χ0) is 20.3. The highest BCUT2D eigenvalue weighted by molar-refractivity contribution is 7.98. The number of benzene rings is 1. The third kappa shape index (κ3) is 4.37. The SMILES string of the molecule is Cc1ccc(-c2nc(CSc3nnc(-c4cccs4)n3C[C@@H]3CCCO3)cs2)cc1. The van der Waals surface area contributed by atoms with Crippen LogP contribution in [0.15, 0.2) is 52.3 Å². The number of aromatic nitrogens is 4. The van der Waals surface area contributed by atoms with E-state index in [1.165, 1.54) is 11.1 Å². The second-order valence-electron chi connectivity index (χ2n) is 7.33. The van der Waals surface area contributed by atoms with E-state index in [1.54, 1.807) is 34.4 Å². The molecule has 1 saturated heterocycles. The molecule has 4 aromatic rings. The summed E-state index contributed by atoms with van der Waals surface area (Å²) in [6, 6.07) is 12.7. The number of hydrogen-bond donors (Lipinski definition) is 0. The fraction of sp³-hybridized carbons (Fsp3) is 0.318. The Bertz CT molecular complexity index is 1100. The van der Waals surface area contributed by atoms with Crippen LogP contribution in [0.2, 0.25) is 0 Å². The van der Waals surface area contributed by atoms with Crippen molar-refractivity contribution in [2.24, 2.45) is 0 Å². The van der Waals surface area contributed by atoms with E-state index in [0.29, 0.717) is 0 Å². The predicted molar refractivity (Wildman–Crippen MR) is 124 cm³/mol. The molecule has 30 heavy (non-hydrogen) atoms. The number of nitrogens with zero attached hydrogens (tertiary/aromatic N) is 4. The highest BCUT2D eigenvalue weighted by atomic mass is 32.2. The molecule has 0 radical (unpaired) electrons. The lowest BCUT2D eigenvalue weighted by Crippen LogP contribution is -2.16. The lowest BCUT2D eigenvalue weighted by Gasteiger charge is -2.14. The average molecular weight is 455 g/mol. The van der Waals surface area contributed by atoms with Gasteiger partial charge in [-0.25, -0.2) is 4.98 Å². The van der Waals surface area contributed by atoms with Crippen LogP contribution in [0, 0.1) is 6.92 Å². The summed E-state index contributed by atoms with van der Waals surface area (Å²) < 4.78 is 8.11. The molecule has 1 aliphatic rings. The van der Waals surface area contributed by atoms with Gasteiger partial charge in [-0.1, -0.05) is 47.7 Å². The number of thiazole rings is 1. The summed E-state index contributed by atoms with van der Waals surface area (Å²) in [7, 11) is 0. The third-order valence-electron chi connectivity index (χ3n) is 5.07. The van der Waals surface area contributed by atoms with Crippen molar-refractivity contribution in [3.8, 4) is 21.3 Å². The molecule has 0 aliphatic carbocycles. The lowest BCUT2D eigenvalue weighted by atomic mass is 10.2. The van der Waals surface area contributed by atoms with Gasteiger partial charge in [0.05, 0.1) is 23.2 Å². The van der Waals surface area contributed by atoms with Crippen molar-refractivity contribution in [2.45, 2.75) is 43.3 Å². The van der Waals surface area contributed by atoms with Crippen LogP contribution >= 0.6 is 34.4 Å². The number of hydrogen-bond acceptors (Lipinski definition) is 7. The Morgan fingerprint density at radius 2 is 2.07 bits per heavy atom. The van der Waals surface area contributed by atoms with Crippen molar-refractivity contribution in [3.05, 3.63) is 58.4 Å². The zero-order valence-electron chi connectivity index (χ0n) is 16.7. The molecule has 5 nitrogen and oxygen atoms in total. The van der Waals surface area contributed by atoms with Crippen LogP contribution in [0.1, 0.15) is 24.1 Å². The van der Waals surface area contributed by atoms with Crippen LogP contribution in [0.25, 0.3) is 21.3 Å². The number of ether oxygens (including phenoxy) is 1. The van der Waals surface area contributed by atoms with Crippen LogP contribution in [0.5, 0.6) is 0 Å². The molecule has 1 aliphatic heterocycles. The summed E-state index contributed by atoms with van der Waals surface area (Å²) in [6.07, 6.45) is 2.47. The molecule has 4 heterocycles. The molecule has 1 atom stereocenters. The Morgan fingerprint density at radius 1 is 1.17 bits per heavy atom. The summed E-state index contributed by atoms with van der Waals surface area (Å²) in [5.74, 6) is 1.71. The Labute approximate surface area is 188 Å². The smallest absolute Gasteiger partial charge is 0.191 e. The molecular weight excluding hydrogens is 432 g/mol. The molecule has 154 valence electrons. The first-order valence-electron chi connectivity index (χ1n) is 9.99. The van der Waals surface area contributed by atoms with Gasteiger partial charge in [-0.3, -0.25) is 4.57 Å². The van der Waals surface area contributed by atoms with Crippen LogP contribution in [0.4, 0.5) is 0 Å². The minimum Gasteiger partial charge on any atom is -0.376 e. The highest BCUT2D eigenvalue weighted by Gasteiger charge is 2.22. The molecule has 0 amide bonds. The molecule has 0 unspecified atom stereocenters. The number of thioether (sulfide) groups is 1. The van der Waals surface area contributed by atoms with E-state index in [1.807, 2.05) is 0 Å². The van der Waals surface area contributed by atoms with Gasteiger partial charge in [-0.05, 0) is 31.2 Å². The van der Waals surface area contributed by atoms with Crippen molar-refractivity contribution in [2.75, 3.05) is 6.61 Å². The number of rotatable bonds is 7. The van der Waals surface area contributed by atoms with Gasteiger partial charge in [-0.2, -0.15) is 0 Å². The van der Waals surface area contributed by atoms with Crippen molar-refractivity contribution in [1.29, 1.82) is 0 Å². The molecule has 1 fully saturated rings. The maximum atomic E-state index is 5.88. The molecule has 8 heteroatoms. The summed E-state index contributed by atoms with van der Waals surface area (Å²) in [4.78, 5) is 5.97. The van der Waals surface area contributed by atoms with E-state index in [-0.39, 0.29) is 6.10 Å². The van der Waals surface area contributed by atoms with Gasteiger partial charge in [0, 0.05) is 23.3 Å². The van der Waals surface area contributed by atoms with Crippen LogP contribution < -0.4 is 0 Å². The molecule has 0 spiro atoms. The molecule has 0 saturated carbocycles. The van der Waals surface area contributed by atoms with Gasteiger partial charge >= 0.3 is 0 Å². The standard InChI is InChI=1S/C22H22N4OS3/c1-15-6-8-16(9-7-15)21-23-17(13-29-21)14-30-22-25-24-20(19-5-3-11-28-19)26(22)12-18-4-2-10-27-18/h3,5-9,11,13,18H,2,4,10,12,14H2,1H3/t18-/m0/s1. The van der Waals surface area contributed by atoms with Gasteiger partial charge in [-0.15, -0.1) is 32.9 Å². The van der Waals surface area contributed by atoms with Crippen molar-refractivity contribution >= 4 is 34.4 Å². The molecule has 5 rings (SSSR count). The van der Waals surface area contributed by atoms with Gasteiger partial charge in [0.1, 0.15) is 5.01 Å². The van der Waals surface area contributed by atoms with Gasteiger partial charge in [0.25, 0.3) is 0 Å². The first kappa shape index (κ1) is 19.9. The summed E-state index contributed by atoms with van der Waals surface area (Å²) in [5, 5.41) is 15.2. The number of thiophene rings is 1. The highest BCUT2D eigenvalue weighted by Crippen LogP contribution is 2.31. The quantitative estimate of drug-likeness (QED) is 0.325. The molecular formula is C22H22N4OS3. The third-order valence-corrected chi connectivity index (χ3v) is 7.87. The van der Waals surface area contributed by atoms with E-state index in [0.717, 1.165) is 58.3 Å². The van der Waals surface area contributed by atoms with Gasteiger partial charge in [0.2, 0.25) is 0 Å². The molecule has 1 aromatic carbocycles. The minimum absolute atomic E-state index is 0.242. The monoisotopic (exact) mass is 454 g/mol. The van der Waals surface area contributed by atoms with E-state index < -0.39 is 0 Å². The van der Waals surface area contributed by atoms with E-state index in [2.05, 4.69) is 68.8 Å². The van der Waals surface area contributed by atoms with E-state index >= 15 is 0 Å². The van der Waals surface area contributed by atoms with Crippen LogP contribution in [-0.2, 0) is 17.0 Å². The second-order valence-corrected chi connectivity index (χ2v) is 10.1. The van der Waals surface area contributed by atoms with Gasteiger partial charge in [0.15, 0.2) is 11.0 Å². The van der Waals surface area contributed by atoms with Crippen molar-refractivity contribution in [3.63, 3.8) is 0 Å². The Hall–Kier alpha value is -2.00. The topological polar surface area (TPSA) is 52.8 Å². The molecule has 0 bridgehead atoms. The lowest BCUT2D eigenvalue weighted by molar-refractivity contribution is 0.0953. The maximum absolute atomic E-state index is 5.88. The Balaban J connectivity index is 1.34. The predicted octanol–water partition coefficient (Wildman–Crippen LogP) is 5.91. The summed E-state index contributed by atoms with van der Waals surface area (Å²) in [5.41, 5.74) is 3.51. The second kappa shape index (κ2) is 9.01. The fourth-order valence-corrected chi connectivity index (χ4v) is 5.97. The van der Waals surface area contributed by atoms with Crippen LogP contribution in [-0.4, -0.2) is 32.5 Å². The maximum Gasteiger partial charge on any atom is 0.191 e. The van der Waals surface area contributed by atoms with Crippen molar-refractivity contribution in [1.82, 2.24) is 19.7 Å². The zero-order valence-corrected chi connectivity index (χ0v) is 19.1. The van der Waals surface area contributed by atoms with E-state index in [9.17, 15) is 0 Å². The minimum atomic E-state index is 0.242. The van der Waals surface area contributed by atoms with Crippen LogP contribution in [0.3, 0.4) is 0 Å². The Kier molecular flexibility index (Phi) is 5.99. The van der Waals surface area contributed by atoms with Gasteiger partial charge < -0.3 is 4.74 Å². The fourth-order valence-electron chi connectivity index (χ4n) is 3.48. The normalized spacial score (nSPS) is 16.4.